The van der Waals surface area contributed by atoms with Gasteiger partial charge in [-0.25, -0.2) is 43.3 Å². The average Bonchev–Trinajstić information content (AvgIpc) is 3.97. The number of phosphoric acid groups is 2. The molecule has 10 N–H and O–H groups in total. The van der Waals surface area contributed by atoms with Gasteiger partial charge in [-0.1, -0.05) is 29.4 Å². The summed E-state index contributed by atoms with van der Waals surface area (Å²) in [6.45, 7) is 2.70. The first kappa shape index (κ1) is 53.0. The SMILES string of the molecule is CC(C)(C)OC(=O)NC(CCCNC(=O)OCc1ccc(N=[N+]=[N-])cc1)C(=O)O[C@H]1[C@@H](O)[C@H](n2cnc3c(N)ncnc32)O[C@@H]1COP(=O)(O)O[C@H]1C[C@H](n2ccc(N)nc2=O)O[C@H]1COP(=O)(O)O. The highest BCUT2D eigenvalue weighted by Gasteiger charge is 2.50. The number of alkyl carbamates (subject to hydrolysis) is 2. The monoisotopic (exact) mass is 1030 g/mol. The molecule has 2 amide bonds. The Morgan fingerprint density at radius 3 is 2.43 bits per heavy atom. The summed E-state index contributed by atoms with van der Waals surface area (Å²) in [5, 5.41) is 20.2. The van der Waals surface area contributed by atoms with Crippen molar-refractivity contribution in [2.24, 2.45) is 5.11 Å². The number of azide groups is 1. The number of carbonyl (C=O) groups excluding carboxylic acids is 3. The first-order valence-corrected chi connectivity index (χ1v) is 23.9. The smallest absolute Gasteiger partial charge is 0.455 e. The molecule has 31 nitrogen and oxygen atoms in total. The number of esters is 1. The van der Waals surface area contributed by atoms with Crippen LogP contribution < -0.4 is 27.8 Å². The molecule has 3 aromatic heterocycles. The number of carbonyl (C=O) groups is 3. The predicted molar refractivity (Wildman–Crippen MR) is 235 cm³/mol. The van der Waals surface area contributed by atoms with Crippen molar-refractivity contribution in [3.8, 4) is 0 Å². The van der Waals surface area contributed by atoms with Crippen LogP contribution in [0.25, 0.3) is 21.6 Å². The van der Waals surface area contributed by atoms with Crippen LogP contribution in [-0.4, -0.2) is 129 Å². The van der Waals surface area contributed by atoms with Gasteiger partial charge in [0.15, 0.2) is 23.8 Å². The average molecular weight is 1030 g/mol. The van der Waals surface area contributed by atoms with Gasteiger partial charge in [0.05, 0.1) is 19.5 Å². The number of ether oxygens (including phenoxy) is 5. The molecule has 5 heterocycles. The summed E-state index contributed by atoms with van der Waals surface area (Å²) in [5.74, 6) is -1.32. The van der Waals surface area contributed by atoms with Crippen LogP contribution in [-0.2, 0) is 57.8 Å². The van der Waals surface area contributed by atoms with Crippen molar-refractivity contribution in [3.05, 3.63) is 75.7 Å². The number of phosphoric ester groups is 2. The number of aromatic nitrogens is 6. The second-order valence-corrected chi connectivity index (χ2v) is 19.0. The summed E-state index contributed by atoms with van der Waals surface area (Å²) in [5.41, 5.74) is 19.3. The number of nitrogens with two attached hydrogens (primary N) is 2. The number of hydrogen-bond acceptors (Lipinski definition) is 22. The summed E-state index contributed by atoms with van der Waals surface area (Å²) in [4.78, 5) is 100. The van der Waals surface area contributed by atoms with Crippen molar-refractivity contribution in [2.45, 2.75) is 101 Å². The van der Waals surface area contributed by atoms with E-state index in [-0.39, 0.29) is 55.2 Å². The maximum absolute atomic E-state index is 14.0. The molecule has 4 aromatic rings. The number of hydrogen-bond donors (Lipinski definition) is 8. The van der Waals surface area contributed by atoms with E-state index in [2.05, 4.69) is 45.1 Å². The molecule has 0 spiro atoms. The normalized spacial score (nSPS) is 22.6. The Hall–Kier alpha value is -6.33. The van der Waals surface area contributed by atoms with Gasteiger partial charge >= 0.3 is 39.5 Å². The molecule has 2 aliphatic heterocycles. The van der Waals surface area contributed by atoms with E-state index in [1.165, 1.54) is 35.3 Å². The highest BCUT2D eigenvalue weighted by atomic mass is 31.2. The zero-order valence-electron chi connectivity index (χ0n) is 37.3. The van der Waals surface area contributed by atoms with Gasteiger partial charge in [0.25, 0.3) is 0 Å². The number of nitrogens with one attached hydrogen (secondary N) is 2. The molecule has 6 rings (SSSR count). The molecule has 9 atom stereocenters. The van der Waals surface area contributed by atoms with Crippen LogP contribution in [0.2, 0.25) is 0 Å². The standard InChI is InChI=1S/C37H49N13O18P2/c1-37(2,3)67-36(55)45-21(5-4-11-41-35(54)61-14-19-6-8-20(9-7-19)47-48-40)33(52)66-29-24(65-32(28(29)51)50-18-44-27-30(39)42-17-43-31(27)50)16-63-70(59,60)68-22-13-26(49-12-10-25(38)46-34(49)53)64-23(22)15-62-69(56,57)58/h6-10,12,17-18,21-24,26,28-29,32,51H,4-5,11,13-16H2,1-3H3,(H,41,54)(H,45,55)(H,59,60)(H2,38,46,53)(H2,39,42,43)(H2,56,57,58)/t21?,22-,23-,24+,26+,28+,29+,32+/m0/s1. The van der Waals surface area contributed by atoms with E-state index < -0.39 is 107 Å². The molecule has 0 bridgehead atoms. The summed E-state index contributed by atoms with van der Waals surface area (Å²) in [7, 11) is -10.4. The lowest BCUT2D eigenvalue weighted by Gasteiger charge is -2.26. The Bertz CT molecular complexity index is 2710. The molecular formula is C37H49N13O18P2. The Labute approximate surface area is 395 Å². The minimum Gasteiger partial charge on any atom is -0.455 e. The lowest BCUT2D eigenvalue weighted by molar-refractivity contribution is -0.159. The van der Waals surface area contributed by atoms with Crippen LogP contribution in [0.3, 0.4) is 0 Å². The van der Waals surface area contributed by atoms with E-state index in [0.29, 0.717) is 11.3 Å². The van der Waals surface area contributed by atoms with E-state index in [4.69, 9.17) is 49.7 Å². The lowest BCUT2D eigenvalue weighted by atomic mass is 10.1. The summed E-state index contributed by atoms with van der Waals surface area (Å²) in [6, 6.07) is 6.02. The van der Waals surface area contributed by atoms with Gasteiger partial charge in [-0.2, -0.15) is 4.98 Å². The number of nitrogens with zero attached hydrogens (tertiary/aromatic N) is 9. The van der Waals surface area contributed by atoms with Gasteiger partial charge in [-0.05, 0) is 50.8 Å². The number of nitrogen functional groups attached to an aromatic ring is 2. The molecule has 0 saturated carbocycles. The lowest BCUT2D eigenvalue weighted by Crippen LogP contribution is -2.48. The number of aliphatic hydroxyl groups excluding tert-OH is 1. The number of aliphatic hydroxyl groups is 1. The van der Waals surface area contributed by atoms with Crippen molar-refractivity contribution < 1.29 is 80.6 Å². The summed E-state index contributed by atoms with van der Waals surface area (Å²) in [6.07, 6.45) is -9.82. The molecule has 2 unspecified atom stereocenters. The maximum Gasteiger partial charge on any atom is 0.472 e. The van der Waals surface area contributed by atoms with Gasteiger partial charge in [0.1, 0.15) is 66.6 Å². The molecular weight excluding hydrogens is 976 g/mol. The fourth-order valence-corrected chi connectivity index (χ4v) is 8.23. The van der Waals surface area contributed by atoms with Gasteiger partial charge in [0.2, 0.25) is 0 Å². The highest BCUT2D eigenvalue weighted by Crippen LogP contribution is 2.50. The number of anilines is 2. The Kier molecular flexibility index (Phi) is 17.1. The minimum absolute atomic E-state index is 0.0328. The molecule has 2 aliphatic rings. The van der Waals surface area contributed by atoms with Crippen molar-refractivity contribution in [1.29, 1.82) is 0 Å². The van der Waals surface area contributed by atoms with Crippen LogP contribution in [0.5, 0.6) is 0 Å². The molecule has 2 saturated heterocycles. The fourth-order valence-electron chi connectivity index (χ4n) is 6.92. The summed E-state index contributed by atoms with van der Waals surface area (Å²) >= 11 is 0. The largest absolute Gasteiger partial charge is 0.472 e. The number of rotatable bonds is 20. The van der Waals surface area contributed by atoms with E-state index in [0.717, 1.165) is 10.9 Å². The number of imidazole rings is 1. The predicted octanol–water partition coefficient (Wildman–Crippen LogP) is 1.86. The van der Waals surface area contributed by atoms with Crippen molar-refractivity contribution in [2.75, 3.05) is 31.2 Å². The highest BCUT2D eigenvalue weighted by molar-refractivity contribution is 7.47. The van der Waals surface area contributed by atoms with Gasteiger partial charge in [-0.3, -0.25) is 22.7 Å². The van der Waals surface area contributed by atoms with E-state index in [1.807, 2.05) is 0 Å². The van der Waals surface area contributed by atoms with Crippen LogP contribution in [0, 0.1) is 0 Å². The Balaban J connectivity index is 1.17. The molecule has 0 radical (unpaired) electrons. The van der Waals surface area contributed by atoms with Gasteiger partial charge in [0, 0.05) is 29.8 Å². The van der Waals surface area contributed by atoms with Crippen molar-refractivity contribution >= 4 is 62.3 Å². The molecule has 2 fully saturated rings. The Morgan fingerprint density at radius 1 is 1.01 bits per heavy atom. The third kappa shape index (κ3) is 14.6. The maximum atomic E-state index is 14.0. The second kappa shape index (κ2) is 22.6. The zero-order valence-corrected chi connectivity index (χ0v) is 39.1. The minimum atomic E-state index is -5.30. The second-order valence-electron chi connectivity index (χ2n) is 16.3. The molecule has 33 heteroatoms. The molecule has 70 heavy (non-hydrogen) atoms. The fraction of sp³-hybridized carbons (Fsp3) is 0.514. The first-order chi connectivity index (χ1) is 33.0. The van der Waals surface area contributed by atoms with Crippen LogP contribution >= 0.6 is 15.6 Å². The number of benzene rings is 1. The van der Waals surface area contributed by atoms with Gasteiger partial charge in [-0.15, -0.1) is 0 Å². The van der Waals surface area contributed by atoms with Crippen molar-refractivity contribution in [1.82, 2.24) is 39.7 Å². The van der Waals surface area contributed by atoms with E-state index >= 15 is 0 Å². The number of amides is 2. The third-order valence-corrected chi connectivity index (χ3v) is 11.5. The molecule has 1 aromatic carbocycles. The quantitative estimate of drug-likeness (QED) is 0.0119. The molecule has 380 valence electrons. The first-order valence-electron chi connectivity index (χ1n) is 20.9. The van der Waals surface area contributed by atoms with Gasteiger partial charge < -0.3 is 65.6 Å². The van der Waals surface area contributed by atoms with Crippen LogP contribution in [0.4, 0.5) is 26.9 Å². The molecule has 0 aliphatic carbocycles. The summed E-state index contributed by atoms with van der Waals surface area (Å²) < 4.78 is 70.7. The topological polar surface area (TPSA) is 443 Å². The third-order valence-electron chi connectivity index (χ3n) is 10.0. The number of fused-ring (bicyclic) bond motifs is 1. The van der Waals surface area contributed by atoms with Crippen LogP contribution in [0.15, 0.2) is 59.1 Å². The Morgan fingerprint density at radius 2 is 1.74 bits per heavy atom. The van der Waals surface area contributed by atoms with Crippen molar-refractivity contribution in [3.63, 3.8) is 0 Å². The zero-order chi connectivity index (χ0) is 51.0. The van der Waals surface area contributed by atoms with Crippen LogP contribution in [0.1, 0.15) is 58.1 Å². The van der Waals surface area contributed by atoms with E-state index in [9.17, 15) is 48.1 Å². The van der Waals surface area contributed by atoms with E-state index in [1.54, 1.807) is 32.9 Å².